The summed E-state index contributed by atoms with van der Waals surface area (Å²) in [5.41, 5.74) is 4.95. The molecule has 1 aliphatic rings. The SMILES string of the molecule is C=CC[C@@H]1[C@H](OCc2ccccc2)[C@@H](OCc2ccccc2)[C@H](OCc2ccccc2)[C@@H](COCc2ccccc2)N1C(=O)OCc1ccccc1. The fourth-order valence-electron chi connectivity index (χ4n) is 6.62. The van der Waals surface area contributed by atoms with Gasteiger partial charge in [0.1, 0.15) is 24.9 Å². The Morgan fingerprint density at radius 3 is 1.29 bits per heavy atom. The highest BCUT2D eigenvalue weighted by Gasteiger charge is 2.53. The number of piperidine rings is 1. The molecule has 1 saturated heterocycles. The molecule has 1 heterocycles. The van der Waals surface area contributed by atoms with Gasteiger partial charge in [-0.15, -0.1) is 6.58 Å². The summed E-state index contributed by atoms with van der Waals surface area (Å²) in [5.74, 6) is 0. The van der Waals surface area contributed by atoms with E-state index in [0.29, 0.717) is 32.8 Å². The van der Waals surface area contributed by atoms with Crippen LogP contribution < -0.4 is 0 Å². The van der Waals surface area contributed by atoms with Crippen molar-refractivity contribution in [3.8, 4) is 0 Å². The topological polar surface area (TPSA) is 66.5 Å². The zero-order valence-electron chi connectivity index (χ0n) is 29.5. The quantitative estimate of drug-likeness (QED) is 0.0905. The Kier molecular flexibility index (Phi) is 13.8. The molecule has 0 spiro atoms. The van der Waals surface area contributed by atoms with E-state index < -0.39 is 36.5 Å². The van der Waals surface area contributed by atoms with Gasteiger partial charge in [-0.05, 0) is 34.2 Å². The second-order valence-corrected chi connectivity index (χ2v) is 12.9. The minimum atomic E-state index is -0.647. The van der Waals surface area contributed by atoms with Gasteiger partial charge >= 0.3 is 6.09 Å². The summed E-state index contributed by atoms with van der Waals surface area (Å²) in [6.07, 6.45) is -0.0510. The summed E-state index contributed by atoms with van der Waals surface area (Å²) in [6.45, 7) is 5.71. The Bertz CT molecular complexity index is 1760. The van der Waals surface area contributed by atoms with E-state index in [1.165, 1.54) is 0 Å². The fraction of sp³-hybridized carbons (Fsp3) is 0.267. The molecule has 268 valence electrons. The fourth-order valence-corrected chi connectivity index (χ4v) is 6.62. The minimum absolute atomic E-state index is 0.119. The standard InChI is InChI=1S/C45H47NO6/c1-2-18-40-42(49-30-36-21-10-4-11-22-36)44(51-32-38-25-14-6-15-26-38)43(50-31-37-23-12-5-13-24-37)41(34-48-29-35-19-8-3-9-20-35)46(40)45(47)52-33-39-27-16-7-17-28-39/h2-17,19-28,40-44H,1,18,29-34H2/t40-,41-,42+,43-,44-/m1/s1. The highest BCUT2D eigenvalue weighted by atomic mass is 16.6. The van der Waals surface area contributed by atoms with Crippen LogP contribution in [-0.4, -0.2) is 48.0 Å². The molecule has 52 heavy (non-hydrogen) atoms. The van der Waals surface area contributed by atoms with Gasteiger partial charge in [-0.25, -0.2) is 4.79 Å². The lowest BCUT2D eigenvalue weighted by atomic mass is 9.86. The highest BCUT2D eigenvalue weighted by molar-refractivity contribution is 5.69. The molecule has 0 aromatic heterocycles. The molecule has 0 aliphatic carbocycles. The van der Waals surface area contributed by atoms with Gasteiger partial charge in [0.2, 0.25) is 0 Å². The van der Waals surface area contributed by atoms with Gasteiger partial charge in [-0.3, -0.25) is 4.90 Å². The lowest BCUT2D eigenvalue weighted by molar-refractivity contribution is -0.222. The first kappa shape index (κ1) is 36.7. The number of hydrogen-bond donors (Lipinski definition) is 0. The molecule has 1 fully saturated rings. The maximum atomic E-state index is 14.5. The largest absolute Gasteiger partial charge is 0.445 e. The van der Waals surface area contributed by atoms with Crippen LogP contribution >= 0.6 is 0 Å². The molecule has 7 nitrogen and oxygen atoms in total. The van der Waals surface area contributed by atoms with Crippen molar-refractivity contribution in [3.05, 3.63) is 192 Å². The van der Waals surface area contributed by atoms with Crippen LogP contribution in [0.3, 0.4) is 0 Å². The number of carbonyl (C=O) groups is 1. The van der Waals surface area contributed by atoms with Crippen molar-refractivity contribution in [3.63, 3.8) is 0 Å². The van der Waals surface area contributed by atoms with Crippen LogP contribution in [0.4, 0.5) is 4.79 Å². The van der Waals surface area contributed by atoms with Crippen LogP contribution in [0, 0.1) is 0 Å². The van der Waals surface area contributed by atoms with Crippen molar-refractivity contribution in [2.75, 3.05) is 6.61 Å². The number of carbonyl (C=O) groups excluding carboxylic acids is 1. The predicted octanol–water partition coefficient (Wildman–Crippen LogP) is 8.93. The van der Waals surface area contributed by atoms with Gasteiger partial charge in [-0.2, -0.15) is 0 Å². The number of likely N-dealkylation sites (tertiary alicyclic amines) is 1. The van der Waals surface area contributed by atoms with Crippen LogP contribution in [-0.2, 0) is 56.7 Å². The van der Waals surface area contributed by atoms with Crippen molar-refractivity contribution in [1.29, 1.82) is 0 Å². The number of ether oxygens (including phenoxy) is 5. The van der Waals surface area contributed by atoms with E-state index in [1.54, 1.807) is 4.90 Å². The molecule has 1 aliphatic heterocycles. The normalized spacial score (nSPS) is 19.9. The van der Waals surface area contributed by atoms with Crippen LogP contribution in [0.1, 0.15) is 34.2 Å². The number of benzene rings is 5. The maximum Gasteiger partial charge on any atom is 0.410 e. The van der Waals surface area contributed by atoms with Gasteiger partial charge < -0.3 is 23.7 Å². The van der Waals surface area contributed by atoms with E-state index in [1.807, 2.05) is 158 Å². The molecule has 0 N–H and O–H groups in total. The first-order valence-electron chi connectivity index (χ1n) is 17.9. The molecule has 0 bridgehead atoms. The van der Waals surface area contributed by atoms with Gasteiger partial charge in [-0.1, -0.05) is 158 Å². The summed E-state index contributed by atoms with van der Waals surface area (Å²) in [7, 11) is 0. The molecule has 5 atom stereocenters. The molecule has 5 aromatic carbocycles. The molecule has 5 aromatic rings. The number of hydrogen-bond acceptors (Lipinski definition) is 6. The number of nitrogens with zero attached hydrogens (tertiary/aromatic N) is 1. The van der Waals surface area contributed by atoms with E-state index in [2.05, 4.69) is 6.58 Å². The third kappa shape index (κ3) is 10.3. The van der Waals surface area contributed by atoms with Gasteiger partial charge in [0, 0.05) is 0 Å². The summed E-state index contributed by atoms with van der Waals surface area (Å²) < 4.78 is 33.1. The van der Waals surface area contributed by atoms with Crippen LogP contribution in [0.2, 0.25) is 0 Å². The molecule has 7 heteroatoms. The van der Waals surface area contributed by atoms with Crippen molar-refractivity contribution in [1.82, 2.24) is 4.90 Å². The summed E-state index contributed by atoms with van der Waals surface area (Å²) in [5, 5.41) is 0. The molecule has 0 unspecified atom stereocenters. The Labute approximate surface area is 307 Å². The van der Waals surface area contributed by atoms with E-state index in [9.17, 15) is 4.79 Å². The second kappa shape index (κ2) is 19.5. The molecule has 0 saturated carbocycles. The Morgan fingerprint density at radius 2 is 0.865 bits per heavy atom. The monoisotopic (exact) mass is 697 g/mol. The Balaban J connectivity index is 1.38. The first-order valence-corrected chi connectivity index (χ1v) is 17.9. The molecular formula is C45H47NO6. The van der Waals surface area contributed by atoms with Gasteiger partial charge in [0.25, 0.3) is 0 Å². The average molecular weight is 698 g/mol. The summed E-state index contributed by atoms with van der Waals surface area (Å²) in [4.78, 5) is 16.3. The third-order valence-corrected chi connectivity index (χ3v) is 9.20. The van der Waals surface area contributed by atoms with Crippen LogP contribution in [0.15, 0.2) is 164 Å². The van der Waals surface area contributed by atoms with Gasteiger partial charge in [0.15, 0.2) is 0 Å². The lowest BCUT2D eigenvalue weighted by Gasteiger charge is -2.52. The molecule has 1 amide bonds. The Hall–Kier alpha value is -5.05. The molecular weight excluding hydrogens is 650 g/mol. The Morgan fingerprint density at radius 1 is 0.500 bits per heavy atom. The predicted molar refractivity (Wildman–Crippen MR) is 202 cm³/mol. The zero-order valence-corrected chi connectivity index (χ0v) is 29.5. The zero-order chi connectivity index (χ0) is 35.8. The van der Waals surface area contributed by atoms with Crippen molar-refractivity contribution >= 4 is 6.09 Å². The van der Waals surface area contributed by atoms with Crippen molar-refractivity contribution < 1.29 is 28.5 Å². The van der Waals surface area contributed by atoms with E-state index in [0.717, 1.165) is 27.8 Å². The number of amides is 1. The lowest BCUT2D eigenvalue weighted by Crippen LogP contribution is -2.70. The average Bonchev–Trinajstić information content (AvgIpc) is 3.20. The second-order valence-electron chi connectivity index (χ2n) is 12.9. The molecule has 6 rings (SSSR count). The minimum Gasteiger partial charge on any atom is -0.445 e. The highest BCUT2D eigenvalue weighted by Crippen LogP contribution is 2.35. The number of rotatable bonds is 17. The van der Waals surface area contributed by atoms with Crippen molar-refractivity contribution in [2.45, 2.75) is 69.9 Å². The van der Waals surface area contributed by atoms with E-state index in [4.69, 9.17) is 23.7 Å². The van der Waals surface area contributed by atoms with Crippen molar-refractivity contribution in [2.24, 2.45) is 0 Å². The first-order chi connectivity index (χ1) is 25.7. The van der Waals surface area contributed by atoms with E-state index in [-0.39, 0.29) is 13.2 Å². The third-order valence-electron chi connectivity index (χ3n) is 9.20. The van der Waals surface area contributed by atoms with E-state index >= 15 is 0 Å². The summed E-state index contributed by atoms with van der Waals surface area (Å²) in [6, 6.07) is 48.7. The molecule has 0 radical (unpaired) electrons. The van der Waals surface area contributed by atoms with Crippen LogP contribution in [0.5, 0.6) is 0 Å². The summed E-state index contributed by atoms with van der Waals surface area (Å²) >= 11 is 0. The van der Waals surface area contributed by atoms with Gasteiger partial charge in [0.05, 0.1) is 45.1 Å². The van der Waals surface area contributed by atoms with Crippen LogP contribution in [0.25, 0.3) is 0 Å². The maximum absolute atomic E-state index is 14.5. The smallest absolute Gasteiger partial charge is 0.410 e.